The van der Waals surface area contributed by atoms with Gasteiger partial charge in [-0.05, 0) is 30.7 Å². The van der Waals surface area contributed by atoms with Crippen LogP contribution < -0.4 is 5.32 Å². The Hall–Kier alpha value is -1.94. The molecule has 0 bridgehead atoms. The average molecular weight is 262 g/mol. The molecule has 0 spiro atoms. The average Bonchev–Trinajstić information content (AvgIpc) is 2.32. The lowest BCUT2D eigenvalue weighted by molar-refractivity contribution is -0.115. The molecule has 0 radical (unpaired) electrons. The molecular formula is C13H12ClN3O. The minimum Gasteiger partial charge on any atom is -0.326 e. The Morgan fingerprint density at radius 2 is 2.17 bits per heavy atom. The third kappa shape index (κ3) is 3.28. The van der Waals surface area contributed by atoms with Crippen LogP contribution in [-0.4, -0.2) is 15.9 Å². The monoisotopic (exact) mass is 261 g/mol. The predicted molar refractivity (Wildman–Crippen MR) is 70.6 cm³/mol. The highest BCUT2D eigenvalue weighted by Gasteiger charge is 2.07. The lowest BCUT2D eigenvalue weighted by atomic mass is 10.1. The number of halogens is 1. The van der Waals surface area contributed by atoms with Crippen LogP contribution in [0, 0.1) is 6.92 Å². The van der Waals surface area contributed by atoms with Crippen molar-refractivity contribution in [3.8, 4) is 0 Å². The van der Waals surface area contributed by atoms with Gasteiger partial charge in [-0.1, -0.05) is 17.7 Å². The van der Waals surface area contributed by atoms with E-state index in [2.05, 4.69) is 15.3 Å². The number of amides is 1. The van der Waals surface area contributed by atoms with E-state index in [4.69, 9.17) is 11.6 Å². The highest BCUT2D eigenvalue weighted by Crippen LogP contribution is 2.12. The van der Waals surface area contributed by atoms with Gasteiger partial charge in [0.1, 0.15) is 5.15 Å². The van der Waals surface area contributed by atoms with E-state index in [1.54, 1.807) is 24.5 Å². The highest BCUT2D eigenvalue weighted by atomic mass is 35.5. The molecule has 1 N–H and O–H groups in total. The normalized spacial score (nSPS) is 10.1. The van der Waals surface area contributed by atoms with Crippen molar-refractivity contribution in [3.63, 3.8) is 0 Å². The molecule has 2 aromatic rings. The first-order valence-electron chi connectivity index (χ1n) is 5.47. The van der Waals surface area contributed by atoms with Crippen LogP contribution >= 0.6 is 11.6 Å². The number of nitrogens with one attached hydrogen (secondary N) is 1. The molecule has 0 saturated carbocycles. The van der Waals surface area contributed by atoms with E-state index in [1.165, 1.54) is 0 Å². The fourth-order valence-electron chi connectivity index (χ4n) is 1.54. The lowest BCUT2D eigenvalue weighted by Crippen LogP contribution is -2.15. The zero-order chi connectivity index (χ0) is 13.0. The number of aryl methyl sites for hydroxylation is 1. The first kappa shape index (κ1) is 12.5. The van der Waals surface area contributed by atoms with E-state index in [1.807, 2.05) is 19.1 Å². The van der Waals surface area contributed by atoms with Crippen molar-refractivity contribution in [1.82, 2.24) is 9.97 Å². The van der Waals surface area contributed by atoms with Gasteiger partial charge in [0.25, 0.3) is 0 Å². The van der Waals surface area contributed by atoms with Gasteiger partial charge in [0.2, 0.25) is 5.91 Å². The molecule has 5 heteroatoms. The van der Waals surface area contributed by atoms with Gasteiger partial charge in [-0.15, -0.1) is 0 Å². The summed E-state index contributed by atoms with van der Waals surface area (Å²) in [7, 11) is 0. The van der Waals surface area contributed by atoms with Crippen LogP contribution in [0.25, 0.3) is 0 Å². The van der Waals surface area contributed by atoms with Gasteiger partial charge in [0, 0.05) is 18.1 Å². The van der Waals surface area contributed by atoms with E-state index >= 15 is 0 Å². The Bertz CT molecular complexity index is 572. The summed E-state index contributed by atoms with van der Waals surface area (Å²) in [5, 5.41) is 3.10. The minimum atomic E-state index is -0.126. The second-order valence-electron chi connectivity index (χ2n) is 3.86. The van der Waals surface area contributed by atoms with Gasteiger partial charge < -0.3 is 5.32 Å². The third-order valence-electron chi connectivity index (χ3n) is 2.46. The maximum atomic E-state index is 11.8. The van der Waals surface area contributed by atoms with Crippen LogP contribution in [0.1, 0.15) is 11.3 Å². The van der Waals surface area contributed by atoms with Crippen LogP contribution in [0.5, 0.6) is 0 Å². The molecule has 0 aliphatic heterocycles. The number of hydrogen-bond donors (Lipinski definition) is 1. The number of aromatic nitrogens is 2. The number of anilines is 1. The maximum absolute atomic E-state index is 11.8. The Labute approximate surface area is 110 Å². The molecule has 0 aliphatic carbocycles. The molecule has 2 heterocycles. The smallest absolute Gasteiger partial charge is 0.230 e. The molecular weight excluding hydrogens is 250 g/mol. The number of rotatable bonds is 3. The molecule has 0 atom stereocenters. The molecule has 0 saturated heterocycles. The molecule has 18 heavy (non-hydrogen) atoms. The topological polar surface area (TPSA) is 54.9 Å². The van der Waals surface area contributed by atoms with Crippen molar-refractivity contribution < 1.29 is 4.79 Å². The van der Waals surface area contributed by atoms with Crippen molar-refractivity contribution in [1.29, 1.82) is 0 Å². The molecule has 0 aliphatic rings. The summed E-state index contributed by atoms with van der Waals surface area (Å²) in [6.07, 6.45) is 3.47. The van der Waals surface area contributed by atoms with Gasteiger partial charge >= 0.3 is 0 Å². The first-order valence-corrected chi connectivity index (χ1v) is 5.85. The molecule has 2 aromatic heterocycles. The van der Waals surface area contributed by atoms with E-state index in [0.717, 1.165) is 11.3 Å². The highest BCUT2D eigenvalue weighted by molar-refractivity contribution is 6.29. The van der Waals surface area contributed by atoms with Crippen molar-refractivity contribution in [2.75, 3.05) is 5.32 Å². The van der Waals surface area contributed by atoms with Gasteiger partial charge in [0.15, 0.2) is 0 Å². The number of carbonyl (C=O) groups excluding carboxylic acids is 1. The van der Waals surface area contributed by atoms with E-state index in [-0.39, 0.29) is 12.3 Å². The van der Waals surface area contributed by atoms with E-state index in [9.17, 15) is 4.79 Å². The van der Waals surface area contributed by atoms with Crippen molar-refractivity contribution in [2.24, 2.45) is 0 Å². The number of carbonyl (C=O) groups is 1. The first-order chi connectivity index (χ1) is 8.65. The van der Waals surface area contributed by atoms with E-state index < -0.39 is 0 Å². The number of hydrogen-bond acceptors (Lipinski definition) is 3. The molecule has 92 valence electrons. The summed E-state index contributed by atoms with van der Waals surface area (Å²) in [6, 6.07) is 7.07. The summed E-state index contributed by atoms with van der Waals surface area (Å²) in [5.41, 5.74) is 2.41. The van der Waals surface area contributed by atoms with Crippen LogP contribution in [0.3, 0.4) is 0 Å². The standard InChI is InChI=1S/C13H12ClN3O/c1-9-3-2-5-15-11(9)8-13(18)17-10-4-6-16-12(14)7-10/h2-7H,8H2,1H3,(H,16,17,18). The Morgan fingerprint density at radius 1 is 1.33 bits per heavy atom. The summed E-state index contributed by atoms with van der Waals surface area (Å²) >= 11 is 5.74. The lowest BCUT2D eigenvalue weighted by Gasteiger charge is -2.06. The fourth-order valence-corrected chi connectivity index (χ4v) is 1.71. The maximum Gasteiger partial charge on any atom is 0.230 e. The molecule has 0 unspecified atom stereocenters. The quantitative estimate of drug-likeness (QED) is 0.864. The van der Waals surface area contributed by atoms with Crippen LogP contribution in [0.15, 0.2) is 36.7 Å². The SMILES string of the molecule is Cc1cccnc1CC(=O)Nc1ccnc(Cl)c1. The molecule has 0 aromatic carbocycles. The van der Waals surface area contributed by atoms with Crippen molar-refractivity contribution in [2.45, 2.75) is 13.3 Å². The summed E-state index contributed by atoms with van der Waals surface area (Å²) in [6.45, 7) is 1.93. The Balaban J connectivity index is 2.03. The van der Waals surface area contributed by atoms with E-state index in [0.29, 0.717) is 10.8 Å². The summed E-state index contributed by atoms with van der Waals surface area (Å²) in [4.78, 5) is 19.9. The second-order valence-corrected chi connectivity index (χ2v) is 4.25. The predicted octanol–water partition coefficient (Wildman–Crippen LogP) is 2.62. The van der Waals surface area contributed by atoms with Crippen molar-refractivity contribution >= 4 is 23.2 Å². The fraction of sp³-hybridized carbons (Fsp3) is 0.154. The van der Waals surface area contributed by atoms with Crippen molar-refractivity contribution in [3.05, 3.63) is 53.1 Å². The molecule has 4 nitrogen and oxygen atoms in total. The largest absolute Gasteiger partial charge is 0.326 e. The molecule has 2 rings (SSSR count). The van der Waals surface area contributed by atoms with Gasteiger partial charge in [0.05, 0.1) is 12.1 Å². The molecule has 0 fully saturated rings. The third-order valence-corrected chi connectivity index (χ3v) is 2.66. The summed E-state index contributed by atoms with van der Waals surface area (Å²) < 4.78 is 0. The minimum absolute atomic E-state index is 0.126. The van der Waals surface area contributed by atoms with Gasteiger partial charge in [-0.25, -0.2) is 4.98 Å². The van der Waals surface area contributed by atoms with Gasteiger partial charge in [-0.2, -0.15) is 0 Å². The van der Waals surface area contributed by atoms with Gasteiger partial charge in [-0.3, -0.25) is 9.78 Å². The summed E-state index contributed by atoms with van der Waals surface area (Å²) in [5.74, 6) is -0.126. The number of nitrogens with zero attached hydrogens (tertiary/aromatic N) is 2. The molecule has 1 amide bonds. The van der Waals surface area contributed by atoms with Crippen LogP contribution in [0.4, 0.5) is 5.69 Å². The zero-order valence-corrected chi connectivity index (χ0v) is 10.6. The Morgan fingerprint density at radius 3 is 2.89 bits per heavy atom. The number of pyridine rings is 2. The zero-order valence-electron chi connectivity index (χ0n) is 9.85. The van der Waals surface area contributed by atoms with Crippen LogP contribution in [-0.2, 0) is 11.2 Å². The Kier molecular flexibility index (Phi) is 3.89. The van der Waals surface area contributed by atoms with Crippen LogP contribution in [0.2, 0.25) is 5.15 Å². The second kappa shape index (κ2) is 5.60.